The van der Waals surface area contributed by atoms with E-state index in [9.17, 15) is 14.4 Å². The second-order valence-electron chi connectivity index (χ2n) is 21.0. The van der Waals surface area contributed by atoms with E-state index in [1.165, 1.54) is 212 Å². The number of ether oxygens (including phenoxy) is 3. The van der Waals surface area contributed by atoms with E-state index >= 15 is 0 Å². The van der Waals surface area contributed by atoms with Gasteiger partial charge in [-0.3, -0.25) is 14.4 Å². The fourth-order valence-corrected chi connectivity index (χ4v) is 9.05. The lowest BCUT2D eigenvalue weighted by atomic mass is 10.1. The molecule has 0 aliphatic heterocycles. The second kappa shape index (κ2) is 59.9. The molecular weight excluding hydrogens is 877 g/mol. The number of allylic oxidation sites excluding steroid dienone is 8. The van der Waals surface area contributed by atoms with Gasteiger partial charge in [-0.25, -0.2) is 0 Å². The molecule has 71 heavy (non-hydrogen) atoms. The molecule has 0 amide bonds. The molecule has 0 saturated heterocycles. The topological polar surface area (TPSA) is 78.9 Å². The van der Waals surface area contributed by atoms with Crippen molar-refractivity contribution in [2.24, 2.45) is 0 Å². The van der Waals surface area contributed by atoms with Crippen molar-refractivity contribution in [3.05, 3.63) is 48.6 Å². The zero-order valence-corrected chi connectivity index (χ0v) is 47.5. The molecule has 1 unspecified atom stereocenters. The van der Waals surface area contributed by atoms with E-state index in [0.29, 0.717) is 19.3 Å². The van der Waals surface area contributed by atoms with Crippen LogP contribution in [0.1, 0.15) is 329 Å². The monoisotopic (exact) mass is 995 g/mol. The molecule has 414 valence electrons. The summed E-state index contributed by atoms with van der Waals surface area (Å²) in [6.45, 7) is 6.65. The Hall–Kier alpha value is -2.63. The Morgan fingerprint density at radius 1 is 0.282 bits per heavy atom. The Kier molecular flexibility index (Phi) is 57.7. The number of rotatable bonds is 57. The number of unbranched alkanes of at least 4 members (excludes halogenated alkanes) is 38. The standard InChI is InChI=1S/C65H118O6/c1-4-7-10-13-16-19-22-25-28-31-33-35-37-40-43-46-49-52-55-58-64(67)70-61-62(60-69-63(66)57-54-51-48-45-42-39-36-30-27-24-21-18-15-12-9-6-3)71-65(68)59-56-53-50-47-44-41-38-34-32-29-26-23-20-17-14-11-8-5-2/h20,23,25,28-30,32,36,62H,4-19,21-22,24,26-27,31,33-35,37-61H2,1-3H3/b23-20-,28-25-,32-29-,36-30-. The summed E-state index contributed by atoms with van der Waals surface area (Å²) in [5, 5.41) is 0. The summed E-state index contributed by atoms with van der Waals surface area (Å²) in [4.78, 5) is 38.3. The van der Waals surface area contributed by atoms with Crippen LogP contribution in [0.25, 0.3) is 0 Å². The highest BCUT2D eigenvalue weighted by Crippen LogP contribution is 2.16. The second-order valence-corrected chi connectivity index (χ2v) is 21.0. The van der Waals surface area contributed by atoms with E-state index in [1.54, 1.807) is 0 Å². The average Bonchev–Trinajstić information content (AvgIpc) is 3.37. The molecule has 0 aliphatic carbocycles. The SMILES string of the molecule is CCCCCC/C=C\C/C=C\CCCCCCCCCC(=O)OC(COC(=O)CCCCCCC/C=C\CCCCCCCCC)COC(=O)CCCCCCCCCCC/C=C\CCCCCCCC. The van der Waals surface area contributed by atoms with Gasteiger partial charge in [0, 0.05) is 19.3 Å². The molecule has 0 heterocycles. The largest absolute Gasteiger partial charge is 0.462 e. The van der Waals surface area contributed by atoms with E-state index in [2.05, 4.69) is 69.4 Å². The van der Waals surface area contributed by atoms with Gasteiger partial charge in [-0.15, -0.1) is 0 Å². The predicted molar refractivity (Wildman–Crippen MR) is 307 cm³/mol. The highest BCUT2D eigenvalue weighted by Gasteiger charge is 2.19. The summed E-state index contributed by atoms with van der Waals surface area (Å²) < 4.78 is 16.9. The normalized spacial score (nSPS) is 12.3. The molecule has 1 atom stereocenters. The average molecular weight is 996 g/mol. The number of carbonyl (C=O) groups excluding carboxylic acids is 3. The van der Waals surface area contributed by atoms with Crippen molar-refractivity contribution in [3.63, 3.8) is 0 Å². The molecule has 6 nitrogen and oxygen atoms in total. The fourth-order valence-electron chi connectivity index (χ4n) is 9.05. The smallest absolute Gasteiger partial charge is 0.306 e. The van der Waals surface area contributed by atoms with Crippen LogP contribution in [-0.4, -0.2) is 37.2 Å². The van der Waals surface area contributed by atoms with E-state index in [0.717, 1.165) is 77.0 Å². The lowest BCUT2D eigenvalue weighted by molar-refractivity contribution is -0.167. The van der Waals surface area contributed by atoms with Crippen molar-refractivity contribution in [1.29, 1.82) is 0 Å². The van der Waals surface area contributed by atoms with Gasteiger partial charge in [-0.05, 0) is 103 Å². The number of carbonyl (C=O) groups is 3. The summed E-state index contributed by atoms with van der Waals surface area (Å²) >= 11 is 0. The van der Waals surface area contributed by atoms with Gasteiger partial charge in [-0.2, -0.15) is 0 Å². The lowest BCUT2D eigenvalue weighted by Gasteiger charge is -2.18. The molecule has 0 aliphatic rings. The molecule has 0 radical (unpaired) electrons. The van der Waals surface area contributed by atoms with E-state index in [4.69, 9.17) is 14.2 Å². The minimum Gasteiger partial charge on any atom is -0.462 e. The van der Waals surface area contributed by atoms with Crippen molar-refractivity contribution >= 4 is 17.9 Å². The first-order chi connectivity index (χ1) is 35.0. The third-order valence-electron chi connectivity index (χ3n) is 13.8. The summed E-state index contributed by atoms with van der Waals surface area (Å²) in [7, 11) is 0. The quantitative estimate of drug-likeness (QED) is 0.0261. The maximum atomic E-state index is 12.9. The van der Waals surface area contributed by atoms with Crippen LogP contribution >= 0.6 is 0 Å². The molecule has 0 rings (SSSR count). The van der Waals surface area contributed by atoms with Gasteiger partial charge in [0.25, 0.3) is 0 Å². The molecule has 0 aromatic rings. The van der Waals surface area contributed by atoms with Gasteiger partial charge in [0.15, 0.2) is 6.10 Å². The Balaban J connectivity index is 4.37. The highest BCUT2D eigenvalue weighted by atomic mass is 16.6. The van der Waals surface area contributed by atoms with Gasteiger partial charge in [0.1, 0.15) is 13.2 Å². The van der Waals surface area contributed by atoms with Gasteiger partial charge in [0.05, 0.1) is 0 Å². The molecule has 0 saturated carbocycles. The van der Waals surface area contributed by atoms with Crippen molar-refractivity contribution in [3.8, 4) is 0 Å². The zero-order chi connectivity index (χ0) is 51.4. The Bertz CT molecular complexity index is 1230. The van der Waals surface area contributed by atoms with Crippen LogP contribution < -0.4 is 0 Å². The zero-order valence-electron chi connectivity index (χ0n) is 47.5. The van der Waals surface area contributed by atoms with Gasteiger partial charge in [0.2, 0.25) is 0 Å². The van der Waals surface area contributed by atoms with Crippen LogP contribution in [0.2, 0.25) is 0 Å². The maximum absolute atomic E-state index is 12.9. The van der Waals surface area contributed by atoms with Crippen LogP contribution in [0.5, 0.6) is 0 Å². The molecule has 0 bridgehead atoms. The molecular formula is C65H118O6. The van der Waals surface area contributed by atoms with E-state index < -0.39 is 6.10 Å². The summed E-state index contributed by atoms with van der Waals surface area (Å²) in [6, 6.07) is 0. The van der Waals surface area contributed by atoms with Crippen LogP contribution in [0, 0.1) is 0 Å². The van der Waals surface area contributed by atoms with Crippen molar-refractivity contribution in [2.75, 3.05) is 13.2 Å². The predicted octanol–water partition coefficient (Wildman–Crippen LogP) is 21.0. The third kappa shape index (κ3) is 58.1. The van der Waals surface area contributed by atoms with Crippen LogP contribution in [0.3, 0.4) is 0 Å². The number of esters is 3. The van der Waals surface area contributed by atoms with Gasteiger partial charge in [-0.1, -0.05) is 256 Å². The minimum atomic E-state index is -0.781. The van der Waals surface area contributed by atoms with Crippen molar-refractivity contribution in [1.82, 2.24) is 0 Å². The van der Waals surface area contributed by atoms with Gasteiger partial charge >= 0.3 is 17.9 Å². The molecule has 0 aromatic carbocycles. The number of hydrogen-bond donors (Lipinski definition) is 0. The molecule has 0 aromatic heterocycles. The molecule has 0 spiro atoms. The molecule has 6 heteroatoms. The molecule has 0 N–H and O–H groups in total. The summed E-state index contributed by atoms with van der Waals surface area (Å²) in [5.41, 5.74) is 0. The van der Waals surface area contributed by atoms with E-state index in [1.807, 2.05) is 0 Å². The maximum Gasteiger partial charge on any atom is 0.306 e. The van der Waals surface area contributed by atoms with Crippen LogP contribution in [0.15, 0.2) is 48.6 Å². The summed E-state index contributed by atoms with van der Waals surface area (Å²) in [6.07, 6.45) is 73.9. The van der Waals surface area contributed by atoms with Crippen molar-refractivity contribution in [2.45, 2.75) is 335 Å². The fraction of sp³-hybridized carbons (Fsp3) is 0.831. The minimum absolute atomic E-state index is 0.0781. The van der Waals surface area contributed by atoms with Crippen LogP contribution in [-0.2, 0) is 28.6 Å². The first-order valence-electron chi connectivity index (χ1n) is 31.1. The number of hydrogen-bond acceptors (Lipinski definition) is 6. The Labute approximate surface area is 441 Å². The summed E-state index contributed by atoms with van der Waals surface area (Å²) in [5.74, 6) is -0.879. The Morgan fingerprint density at radius 3 is 0.803 bits per heavy atom. The van der Waals surface area contributed by atoms with Gasteiger partial charge < -0.3 is 14.2 Å². The first-order valence-corrected chi connectivity index (χ1v) is 31.1. The van der Waals surface area contributed by atoms with E-state index in [-0.39, 0.29) is 31.1 Å². The van der Waals surface area contributed by atoms with Crippen molar-refractivity contribution < 1.29 is 28.6 Å². The first kappa shape index (κ1) is 68.4. The lowest BCUT2D eigenvalue weighted by Crippen LogP contribution is -2.30. The third-order valence-corrected chi connectivity index (χ3v) is 13.8. The Morgan fingerprint density at radius 2 is 0.507 bits per heavy atom. The molecule has 0 fully saturated rings. The van der Waals surface area contributed by atoms with Crippen LogP contribution in [0.4, 0.5) is 0 Å². The highest BCUT2D eigenvalue weighted by molar-refractivity contribution is 5.71.